The number of hydrogen-bond acceptors (Lipinski definition) is 6. The van der Waals surface area contributed by atoms with Crippen LogP contribution in [0.15, 0.2) is 58.5 Å². The summed E-state index contributed by atoms with van der Waals surface area (Å²) in [6.07, 6.45) is -0.295. The lowest BCUT2D eigenvalue weighted by Gasteiger charge is -2.37. The van der Waals surface area contributed by atoms with Gasteiger partial charge in [-0.05, 0) is 30.2 Å². The Morgan fingerprint density at radius 1 is 1.11 bits per heavy atom. The summed E-state index contributed by atoms with van der Waals surface area (Å²) in [7, 11) is 0. The number of halogens is 1. The van der Waals surface area contributed by atoms with Crippen molar-refractivity contribution in [2.24, 2.45) is 15.7 Å². The lowest BCUT2D eigenvalue weighted by atomic mass is 10.1. The molecule has 1 atom stereocenters. The zero-order chi connectivity index (χ0) is 25.8. The summed E-state index contributed by atoms with van der Waals surface area (Å²) < 4.78 is 14.3. The van der Waals surface area contributed by atoms with Crippen molar-refractivity contribution in [1.82, 2.24) is 9.80 Å². The summed E-state index contributed by atoms with van der Waals surface area (Å²) in [4.78, 5) is 60.2. The largest absolute Gasteiger partial charge is 0.370 e. The van der Waals surface area contributed by atoms with Crippen LogP contribution < -0.4 is 11.1 Å². The van der Waals surface area contributed by atoms with Gasteiger partial charge in [-0.2, -0.15) is 0 Å². The first-order chi connectivity index (χ1) is 17.2. The van der Waals surface area contributed by atoms with Crippen molar-refractivity contribution in [3.63, 3.8) is 0 Å². The molecule has 186 valence electrons. The van der Waals surface area contributed by atoms with E-state index in [1.54, 1.807) is 30.3 Å². The lowest BCUT2D eigenvalue weighted by Crippen LogP contribution is -2.60. The van der Waals surface area contributed by atoms with Crippen molar-refractivity contribution in [2.75, 3.05) is 11.9 Å². The standard InChI is InChI=1S/C25H25FN6O4/c1-15(33)28-18-10-8-16(9-11-18)13-21-29-22-23(30-21)31(12-4-7-20(27)34)25(36)32(24(22)35)14-17-5-2-3-6-19(17)26/h2-3,5-6,8-11,23H,4,7,12-14H2,1H3,(H2,27,34)(H,28,33). The zero-order valence-corrected chi connectivity index (χ0v) is 19.6. The van der Waals surface area contributed by atoms with E-state index < -0.39 is 29.8 Å². The Bertz CT molecular complexity index is 1270. The van der Waals surface area contributed by atoms with Gasteiger partial charge in [0.2, 0.25) is 11.8 Å². The van der Waals surface area contributed by atoms with Gasteiger partial charge in [0.05, 0.1) is 6.54 Å². The molecule has 11 heteroatoms. The van der Waals surface area contributed by atoms with Gasteiger partial charge >= 0.3 is 6.03 Å². The monoisotopic (exact) mass is 492 g/mol. The van der Waals surface area contributed by atoms with Gasteiger partial charge in [-0.1, -0.05) is 30.3 Å². The highest BCUT2D eigenvalue weighted by Crippen LogP contribution is 2.25. The molecule has 2 aromatic rings. The number of anilines is 1. The fraction of sp³-hybridized carbons (Fsp3) is 0.280. The summed E-state index contributed by atoms with van der Waals surface area (Å²) in [6, 6.07) is 12.4. The van der Waals surface area contributed by atoms with E-state index in [0.717, 1.165) is 10.5 Å². The lowest BCUT2D eigenvalue weighted by molar-refractivity contribution is -0.124. The van der Waals surface area contributed by atoms with Gasteiger partial charge in [-0.15, -0.1) is 0 Å². The van der Waals surface area contributed by atoms with E-state index >= 15 is 0 Å². The Hall–Kier alpha value is -4.41. The first-order valence-corrected chi connectivity index (χ1v) is 11.4. The van der Waals surface area contributed by atoms with Crippen molar-refractivity contribution in [3.05, 3.63) is 65.5 Å². The maximum absolute atomic E-state index is 14.3. The number of aliphatic imine (C=N–C) groups is 2. The number of amides is 5. The smallest absolute Gasteiger partial charge is 0.329 e. The van der Waals surface area contributed by atoms with Crippen molar-refractivity contribution in [2.45, 2.75) is 38.9 Å². The first kappa shape index (κ1) is 24.7. The van der Waals surface area contributed by atoms with Crippen molar-refractivity contribution in [1.29, 1.82) is 0 Å². The zero-order valence-electron chi connectivity index (χ0n) is 19.6. The number of nitrogens with two attached hydrogens (primary N) is 1. The summed E-state index contributed by atoms with van der Waals surface area (Å²) in [5.74, 6) is -1.51. The summed E-state index contributed by atoms with van der Waals surface area (Å²) in [6.45, 7) is 1.28. The molecule has 1 unspecified atom stereocenters. The van der Waals surface area contributed by atoms with E-state index in [1.165, 1.54) is 30.0 Å². The fourth-order valence-electron chi connectivity index (χ4n) is 4.04. The van der Waals surface area contributed by atoms with Crippen LogP contribution in [0.1, 0.15) is 30.9 Å². The van der Waals surface area contributed by atoms with Crippen LogP contribution in [0, 0.1) is 5.82 Å². The van der Waals surface area contributed by atoms with Gasteiger partial charge in [-0.25, -0.2) is 19.2 Å². The third kappa shape index (κ3) is 5.45. The van der Waals surface area contributed by atoms with Crippen LogP contribution in [0.3, 0.4) is 0 Å². The molecule has 0 radical (unpaired) electrons. The predicted molar refractivity (Wildman–Crippen MR) is 131 cm³/mol. The fourth-order valence-corrected chi connectivity index (χ4v) is 4.04. The second-order valence-corrected chi connectivity index (χ2v) is 8.50. The molecule has 2 aliphatic rings. The molecule has 1 fully saturated rings. The number of rotatable bonds is 9. The molecule has 3 N–H and O–H groups in total. The molecular weight excluding hydrogens is 467 g/mol. The number of hydrogen-bond donors (Lipinski definition) is 2. The van der Waals surface area contributed by atoms with E-state index in [2.05, 4.69) is 15.3 Å². The normalized spacial score (nSPS) is 17.0. The number of carbonyl (C=O) groups excluding carboxylic acids is 4. The number of primary amides is 1. The van der Waals surface area contributed by atoms with E-state index in [9.17, 15) is 23.6 Å². The highest BCUT2D eigenvalue weighted by atomic mass is 19.1. The molecule has 0 aliphatic carbocycles. The number of imide groups is 1. The number of urea groups is 1. The molecule has 2 aliphatic heterocycles. The van der Waals surface area contributed by atoms with Crippen LogP contribution in [-0.2, 0) is 27.3 Å². The van der Waals surface area contributed by atoms with E-state index in [-0.39, 0.29) is 43.1 Å². The van der Waals surface area contributed by atoms with E-state index in [0.29, 0.717) is 17.9 Å². The maximum Gasteiger partial charge on any atom is 0.329 e. The molecular formula is C25H25FN6O4. The molecule has 2 heterocycles. The van der Waals surface area contributed by atoms with Gasteiger partial charge in [-0.3, -0.25) is 24.2 Å². The van der Waals surface area contributed by atoms with Crippen LogP contribution in [0.5, 0.6) is 0 Å². The van der Waals surface area contributed by atoms with E-state index in [4.69, 9.17) is 5.73 Å². The van der Waals surface area contributed by atoms with E-state index in [1.807, 2.05) is 0 Å². The van der Waals surface area contributed by atoms with Crippen molar-refractivity contribution >= 4 is 41.0 Å². The minimum Gasteiger partial charge on any atom is -0.370 e. The number of amidine groups is 1. The van der Waals surface area contributed by atoms with Crippen LogP contribution >= 0.6 is 0 Å². The summed E-state index contributed by atoms with van der Waals surface area (Å²) >= 11 is 0. The minimum absolute atomic E-state index is 0.0570. The Kier molecular flexibility index (Phi) is 7.18. The molecule has 0 saturated carbocycles. The number of carbonyl (C=O) groups is 4. The van der Waals surface area contributed by atoms with Crippen LogP contribution in [0.4, 0.5) is 14.9 Å². The van der Waals surface area contributed by atoms with Crippen LogP contribution in [0.25, 0.3) is 0 Å². The molecule has 5 amide bonds. The second-order valence-electron chi connectivity index (χ2n) is 8.50. The highest BCUT2D eigenvalue weighted by Gasteiger charge is 2.46. The Morgan fingerprint density at radius 3 is 2.50 bits per heavy atom. The third-order valence-corrected chi connectivity index (χ3v) is 5.75. The molecule has 36 heavy (non-hydrogen) atoms. The average Bonchev–Trinajstić information content (AvgIpc) is 3.24. The molecule has 0 aromatic heterocycles. The molecule has 4 rings (SSSR count). The summed E-state index contributed by atoms with van der Waals surface area (Å²) in [5, 5.41) is 2.69. The van der Waals surface area contributed by atoms with Crippen LogP contribution in [-0.4, -0.2) is 57.8 Å². The molecule has 1 saturated heterocycles. The Morgan fingerprint density at radius 2 is 1.83 bits per heavy atom. The molecule has 2 aromatic carbocycles. The number of benzene rings is 2. The average molecular weight is 493 g/mol. The SMILES string of the molecule is CC(=O)Nc1ccc(CC2=NC3C(=N2)C(=O)N(Cc2ccccc2F)C(=O)N3CCCC(N)=O)cc1. The Balaban J connectivity index is 1.58. The third-order valence-electron chi connectivity index (χ3n) is 5.75. The first-order valence-electron chi connectivity index (χ1n) is 11.4. The second kappa shape index (κ2) is 10.5. The number of nitrogens with one attached hydrogen (secondary N) is 1. The molecule has 0 bridgehead atoms. The number of nitrogens with zero attached hydrogens (tertiary/aromatic N) is 4. The van der Waals surface area contributed by atoms with Crippen molar-refractivity contribution in [3.8, 4) is 0 Å². The minimum atomic E-state index is -0.927. The van der Waals surface area contributed by atoms with Gasteiger partial charge in [0.1, 0.15) is 11.7 Å². The number of fused-ring (bicyclic) bond motifs is 1. The quantitative estimate of drug-likeness (QED) is 0.554. The predicted octanol–water partition coefficient (Wildman–Crippen LogP) is 2.24. The summed E-state index contributed by atoms with van der Waals surface area (Å²) in [5.41, 5.74) is 6.98. The van der Waals surface area contributed by atoms with Crippen LogP contribution in [0.2, 0.25) is 0 Å². The van der Waals surface area contributed by atoms with Gasteiger partial charge in [0, 0.05) is 37.6 Å². The molecule has 0 spiro atoms. The maximum atomic E-state index is 14.3. The highest BCUT2D eigenvalue weighted by molar-refractivity contribution is 6.47. The molecule has 10 nitrogen and oxygen atoms in total. The van der Waals surface area contributed by atoms with Crippen molar-refractivity contribution < 1.29 is 23.6 Å². The Labute approximate surface area is 206 Å². The topological polar surface area (TPSA) is 138 Å². The van der Waals surface area contributed by atoms with Gasteiger partial charge in [0.25, 0.3) is 5.91 Å². The van der Waals surface area contributed by atoms with Gasteiger partial charge in [0.15, 0.2) is 11.9 Å². The van der Waals surface area contributed by atoms with Gasteiger partial charge < -0.3 is 11.1 Å².